The Morgan fingerprint density at radius 2 is 1.77 bits per heavy atom. The van der Waals surface area contributed by atoms with E-state index in [-0.39, 0.29) is 29.5 Å². The number of benzene rings is 2. The van der Waals surface area contributed by atoms with E-state index in [4.69, 9.17) is 16.1 Å². The highest BCUT2D eigenvalue weighted by molar-refractivity contribution is 6.30. The smallest absolute Gasteiger partial charge is 0.273 e. The van der Waals surface area contributed by atoms with E-state index in [0.717, 1.165) is 5.69 Å². The van der Waals surface area contributed by atoms with Crippen LogP contribution < -0.4 is 10.2 Å². The molecular weight excluding hydrogens is 423 g/mol. The van der Waals surface area contributed by atoms with Gasteiger partial charge in [-0.3, -0.25) is 9.59 Å². The maximum atomic E-state index is 13.9. The fourth-order valence-corrected chi connectivity index (χ4v) is 3.52. The number of amides is 2. The highest BCUT2D eigenvalue weighted by atomic mass is 35.5. The van der Waals surface area contributed by atoms with Gasteiger partial charge in [-0.1, -0.05) is 28.9 Å². The second kappa shape index (κ2) is 9.18. The molecule has 0 unspecified atom stereocenters. The third-order valence-corrected chi connectivity index (χ3v) is 5.36. The molecule has 1 aliphatic rings. The van der Waals surface area contributed by atoms with Crippen molar-refractivity contribution in [3.05, 3.63) is 71.1 Å². The zero-order chi connectivity index (χ0) is 21.8. The van der Waals surface area contributed by atoms with Crippen LogP contribution in [0.3, 0.4) is 0 Å². The molecule has 7 nitrogen and oxygen atoms in total. The maximum absolute atomic E-state index is 13.9. The molecule has 2 aromatic carbocycles. The topological polar surface area (TPSA) is 78.7 Å². The minimum atomic E-state index is -0.556. The van der Waals surface area contributed by atoms with E-state index in [1.165, 1.54) is 18.2 Å². The van der Waals surface area contributed by atoms with Crippen LogP contribution in [0.2, 0.25) is 5.02 Å². The highest BCUT2D eigenvalue weighted by Crippen LogP contribution is 2.23. The molecule has 4 rings (SSSR count). The van der Waals surface area contributed by atoms with Crippen molar-refractivity contribution >= 4 is 29.1 Å². The number of piperazine rings is 1. The number of halogens is 2. The molecule has 1 aliphatic heterocycles. The molecule has 1 fully saturated rings. The summed E-state index contributed by atoms with van der Waals surface area (Å²) >= 11 is 5.93. The van der Waals surface area contributed by atoms with Crippen LogP contribution in [0, 0.1) is 5.82 Å². The Morgan fingerprint density at radius 1 is 1.06 bits per heavy atom. The molecular formula is C22H20ClFN4O3. The first-order chi connectivity index (χ1) is 15.0. The lowest BCUT2D eigenvalue weighted by Gasteiger charge is -2.36. The molecule has 1 aromatic heterocycles. The number of anilines is 1. The zero-order valence-corrected chi connectivity index (χ0v) is 17.3. The Labute approximate surface area is 183 Å². The maximum Gasteiger partial charge on any atom is 0.273 e. The quantitative estimate of drug-likeness (QED) is 0.656. The van der Waals surface area contributed by atoms with Crippen molar-refractivity contribution in [3.8, 4) is 11.3 Å². The van der Waals surface area contributed by atoms with Crippen molar-refractivity contribution in [2.45, 2.75) is 0 Å². The average molecular weight is 443 g/mol. The summed E-state index contributed by atoms with van der Waals surface area (Å²) in [4.78, 5) is 28.7. The SMILES string of the molecule is O=C(NCC(=O)N1CCN(c2ccc(Cl)cc2)CC1)c1cc(-c2ccccc2F)on1. The molecule has 0 aliphatic carbocycles. The van der Waals surface area contributed by atoms with Gasteiger partial charge in [-0.05, 0) is 36.4 Å². The van der Waals surface area contributed by atoms with Gasteiger partial charge in [0.05, 0.1) is 12.1 Å². The van der Waals surface area contributed by atoms with Crippen molar-refractivity contribution in [2.24, 2.45) is 0 Å². The zero-order valence-electron chi connectivity index (χ0n) is 16.6. The summed E-state index contributed by atoms with van der Waals surface area (Å²) in [5, 5.41) is 6.91. The molecule has 31 heavy (non-hydrogen) atoms. The van der Waals surface area contributed by atoms with Crippen molar-refractivity contribution in [1.29, 1.82) is 0 Å². The Hall–Kier alpha value is -3.39. The first-order valence-corrected chi connectivity index (χ1v) is 10.2. The van der Waals surface area contributed by atoms with Gasteiger partial charge in [-0.2, -0.15) is 0 Å². The first kappa shape index (κ1) is 20.9. The van der Waals surface area contributed by atoms with Crippen LogP contribution in [-0.2, 0) is 4.79 Å². The predicted octanol–water partition coefficient (Wildman–Crippen LogP) is 3.21. The molecule has 1 N–H and O–H groups in total. The van der Waals surface area contributed by atoms with E-state index < -0.39 is 11.7 Å². The second-order valence-electron chi connectivity index (χ2n) is 7.08. The molecule has 0 saturated carbocycles. The average Bonchev–Trinajstić information content (AvgIpc) is 3.28. The minimum Gasteiger partial charge on any atom is -0.368 e. The molecule has 1 saturated heterocycles. The highest BCUT2D eigenvalue weighted by Gasteiger charge is 2.22. The molecule has 0 spiro atoms. The Balaban J connectivity index is 1.28. The Morgan fingerprint density at radius 3 is 2.48 bits per heavy atom. The molecule has 0 atom stereocenters. The van der Waals surface area contributed by atoms with Crippen LogP contribution in [0.1, 0.15) is 10.5 Å². The Kier molecular flexibility index (Phi) is 6.18. The first-order valence-electron chi connectivity index (χ1n) is 9.79. The summed E-state index contributed by atoms with van der Waals surface area (Å²) in [5.74, 6) is -1.06. The van der Waals surface area contributed by atoms with E-state index in [0.29, 0.717) is 31.2 Å². The monoisotopic (exact) mass is 442 g/mol. The van der Waals surface area contributed by atoms with E-state index in [1.807, 2.05) is 24.3 Å². The number of carbonyl (C=O) groups is 2. The van der Waals surface area contributed by atoms with Crippen LogP contribution in [0.4, 0.5) is 10.1 Å². The summed E-state index contributed by atoms with van der Waals surface area (Å²) < 4.78 is 18.9. The lowest BCUT2D eigenvalue weighted by molar-refractivity contribution is -0.130. The fraction of sp³-hybridized carbons (Fsp3) is 0.227. The molecule has 0 radical (unpaired) electrons. The van der Waals surface area contributed by atoms with Gasteiger partial charge in [0, 0.05) is 43.0 Å². The van der Waals surface area contributed by atoms with Gasteiger partial charge < -0.3 is 19.6 Å². The molecule has 2 amide bonds. The van der Waals surface area contributed by atoms with Crippen molar-refractivity contribution in [3.63, 3.8) is 0 Å². The molecule has 160 valence electrons. The number of hydrogen-bond donors (Lipinski definition) is 1. The summed E-state index contributed by atoms with van der Waals surface area (Å²) in [5.41, 5.74) is 1.25. The van der Waals surface area contributed by atoms with Crippen molar-refractivity contribution in [2.75, 3.05) is 37.6 Å². The third-order valence-electron chi connectivity index (χ3n) is 5.11. The normalized spacial score (nSPS) is 13.9. The second-order valence-corrected chi connectivity index (χ2v) is 7.52. The number of hydrogen-bond acceptors (Lipinski definition) is 5. The van der Waals surface area contributed by atoms with Crippen LogP contribution >= 0.6 is 11.6 Å². The number of rotatable bonds is 5. The summed E-state index contributed by atoms with van der Waals surface area (Å²) in [6.07, 6.45) is 0. The van der Waals surface area contributed by atoms with E-state index in [9.17, 15) is 14.0 Å². The summed E-state index contributed by atoms with van der Waals surface area (Å²) in [7, 11) is 0. The fourth-order valence-electron chi connectivity index (χ4n) is 3.39. The van der Waals surface area contributed by atoms with E-state index in [1.54, 1.807) is 17.0 Å². The predicted molar refractivity (Wildman–Crippen MR) is 114 cm³/mol. The van der Waals surface area contributed by atoms with Gasteiger partial charge >= 0.3 is 0 Å². The third kappa shape index (κ3) is 4.86. The number of aromatic nitrogens is 1. The van der Waals surface area contributed by atoms with Gasteiger partial charge in [0.15, 0.2) is 11.5 Å². The lowest BCUT2D eigenvalue weighted by atomic mass is 10.1. The van der Waals surface area contributed by atoms with Gasteiger partial charge in [0.2, 0.25) is 5.91 Å². The van der Waals surface area contributed by atoms with E-state index >= 15 is 0 Å². The van der Waals surface area contributed by atoms with Crippen LogP contribution in [0.25, 0.3) is 11.3 Å². The molecule has 9 heteroatoms. The van der Waals surface area contributed by atoms with Crippen LogP contribution in [0.5, 0.6) is 0 Å². The summed E-state index contributed by atoms with van der Waals surface area (Å²) in [6, 6.07) is 15.0. The minimum absolute atomic E-state index is 0.0152. The molecule has 3 aromatic rings. The lowest BCUT2D eigenvalue weighted by Crippen LogP contribution is -2.51. The van der Waals surface area contributed by atoms with Crippen molar-refractivity contribution in [1.82, 2.24) is 15.4 Å². The van der Waals surface area contributed by atoms with Gasteiger partial charge in [0.25, 0.3) is 5.91 Å². The van der Waals surface area contributed by atoms with Gasteiger partial charge in [0.1, 0.15) is 5.82 Å². The van der Waals surface area contributed by atoms with Crippen LogP contribution in [-0.4, -0.2) is 54.6 Å². The van der Waals surface area contributed by atoms with Crippen molar-refractivity contribution < 1.29 is 18.5 Å². The molecule has 2 heterocycles. The van der Waals surface area contributed by atoms with Gasteiger partial charge in [-0.25, -0.2) is 4.39 Å². The number of carbonyl (C=O) groups excluding carboxylic acids is 2. The number of nitrogens with zero attached hydrogens (tertiary/aromatic N) is 3. The largest absolute Gasteiger partial charge is 0.368 e. The molecule has 0 bridgehead atoms. The standard InChI is InChI=1S/C22H20ClFN4O3/c23-15-5-7-16(8-6-15)27-9-11-28(12-10-27)21(29)14-25-22(30)19-13-20(31-26-19)17-3-1-2-4-18(17)24/h1-8,13H,9-12,14H2,(H,25,30). The Bertz CT molecular complexity index is 1080. The van der Waals surface area contributed by atoms with Crippen LogP contribution in [0.15, 0.2) is 59.1 Å². The van der Waals surface area contributed by atoms with Gasteiger partial charge in [-0.15, -0.1) is 0 Å². The summed E-state index contributed by atoms with van der Waals surface area (Å²) in [6.45, 7) is 2.34. The number of nitrogens with one attached hydrogen (secondary N) is 1. The van der Waals surface area contributed by atoms with E-state index in [2.05, 4.69) is 15.4 Å².